The fourth-order valence-electron chi connectivity index (χ4n) is 10.4. The molecule has 87 heavy (non-hydrogen) atoms. The van der Waals surface area contributed by atoms with Gasteiger partial charge >= 0.3 is 8.25 Å². The average molecular weight is 1240 g/mol. The van der Waals surface area contributed by atoms with Crippen LogP contribution < -0.4 is 35.8 Å². The Bertz CT molecular complexity index is 3040. The topological polar surface area (TPSA) is 413 Å². The maximum atomic E-state index is 14.5. The van der Waals surface area contributed by atoms with Crippen molar-refractivity contribution >= 4 is 49.6 Å². The van der Waals surface area contributed by atoms with Crippen LogP contribution in [0.25, 0.3) is 22.3 Å². The molecule has 472 valence electrons. The molecule has 16 atom stereocenters. The summed E-state index contributed by atoms with van der Waals surface area (Å²) in [6.45, 7) is 5.33. The number of aliphatic hydroxyl groups excluding tert-OH is 8. The third-order valence-corrected chi connectivity index (χ3v) is 15.8. The largest absolute Gasteiger partial charge is 0.781 e. The molecule has 29 heteroatoms. The highest BCUT2D eigenvalue weighted by Crippen LogP contribution is 2.32. The molecule has 3 fully saturated rings. The maximum Gasteiger partial charge on any atom is 0.781 e. The van der Waals surface area contributed by atoms with Crippen molar-refractivity contribution < 1.29 is 103 Å². The van der Waals surface area contributed by atoms with E-state index in [0.717, 1.165) is 89.6 Å². The Hall–Kier alpha value is -7.60. The van der Waals surface area contributed by atoms with Crippen LogP contribution in [0.1, 0.15) is 81.8 Å². The Morgan fingerprint density at radius 2 is 1.17 bits per heavy atom. The molecule has 7 amide bonds. The van der Waals surface area contributed by atoms with Crippen molar-refractivity contribution in [2.45, 2.75) is 145 Å². The van der Waals surface area contributed by atoms with Gasteiger partial charge < -0.3 is 82.0 Å². The molecule has 0 radical (unpaired) electrons. The van der Waals surface area contributed by atoms with Crippen molar-refractivity contribution in [3.63, 3.8) is 0 Å². The lowest BCUT2D eigenvalue weighted by molar-refractivity contribution is -0.148. The van der Waals surface area contributed by atoms with Crippen LogP contribution in [-0.4, -0.2) is 196 Å². The first kappa shape index (κ1) is 68.5. The molecule has 14 N–H and O–H groups in total. The van der Waals surface area contributed by atoms with E-state index < -0.39 is 167 Å². The van der Waals surface area contributed by atoms with Gasteiger partial charge in [-0.25, -0.2) is 9.78 Å². The van der Waals surface area contributed by atoms with E-state index in [9.17, 15) is 79.0 Å². The Morgan fingerprint density at radius 1 is 0.655 bits per heavy atom. The van der Waals surface area contributed by atoms with E-state index in [1.807, 2.05) is 48.5 Å². The van der Waals surface area contributed by atoms with Crippen molar-refractivity contribution in [3.05, 3.63) is 108 Å². The van der Waals surface area contributed by atoms with Crippen molar-refractivity contribution in [3.8, 4) is 33.8 Å². The highest BCUT2D eigenvalue weighted by atomic mass is 31.1. The summed E-state index contributed by atoms with van der Waals surface area (Å²) in [6, 6.07) is 14.2. The second-order valence-corrected chi connectivity index (χ2v) is 22.5. The third-order valence-electron chi connectivity index (χ3n) is 15.3. The Labute approximate surface area is 499 Å². The minimum atomic E-state index is -3.03. The number of aliphatic hydroxyl groups is 8. The van der Waals surface area contributed by atoms with Crippen LogP contribution in [0.5, 0.6) is 11.5 Å². The smallest absolute Gasteiger partial charge is 0.494 e. The number of ether oxygens (including phenoxy) is 1. The van der Waals surface area contributed by atoms with Crippen LogP contribution in [0.2, 0.25) is 0 Å². The standard InChI is InChI=1S/C58H72N7O20P.FH/c1-5-6-7-24-83-39-20-16-35(17-21-39)33-10-8-32(9-11-33)34-12-14-37(15-13-34)51(73)59-41-26-43(69)54(76)63-56(78)47-48(70)29(2)27-65(47)58(80)45(31(4)67)61-55(77)46(50(72)49(71)36-18-22-40(23-19-36)84-86(82)85-81)62-53(75)42-25-38(68)28-64(42)57(79)44(30(3)66)60-52(41)74;/h8-23,29-31,38,41-50,54,66-72,76H,5-7,24-28H2,1-4H3,(H5-,59,60,61,62,63,73,74,75,77,78,81);1H/p+1/t29-,30+,31+,38+,41?,42-,43+,44-,45-,46-,47-,48-,49-,50-,54+;/m0./s1. The van der Waals surface area contributed by atoms with Crippen molar-refractivity contribution in [1.82, 2.24) is 36.4 Å². The summed E-state index contributed by atoms with van der Waals surface area (Å²) in [6.07, 6.45) is -14.1. The minimum absolute atomic E-state index is 0. The molecule has 0 aliphatic carbocycles. The van der Waals surface area contributed by atoms with Gasteiger partial charge in [0.25, 0.3) is 5.91 Å². The molecule has 4 aromatic carbocycles. The fraction of sp³-hybridized carbons (Fsp3) is 0.466. The summed E-state index contributed by atoms with van der Waals surface area (Å²) in [5.41, 5.74) is 3.22. The van der Waals surface area contributed by atoms with E-state index in [2.05, 4.69) is 38.2 Å². The minimum Gasteiger partial charge on any atom is -0.494 e. The summed E-state index contributed by atoms with van der Waals surface area (Å²) in [4.78, 5) is 102. The number of rotatable bonds is 17. The molecule has 0 aromatic heterocycles. The first-order chi connectivity index (χ1) is 40.9. The number of carbonyl (C=O) groups is 7. The second-order valence-electron chi connectivity index (χ2n) is 21.7. The van der Waals surface area contributed by atoms with Gasteiger partial charge in [0, 0.05) is 42.0 Å². The van der Waals surface area contributed by atoms with Crippen LogP contribution >= 0.6 is 8.25 Å². The van der Waals surface area contributed by atoms with E-state index in [1.165, 1.54) is 19.1 Å². The second kappa shape index (κ2) is 30.8. The summed E-state index contributed by atoms with van der Waals surface area (Å²) < 4.78 is 25.9. The summed E-state index contributed by atoms with van der Waals surface area (Å²) in [7, 11) is -3.03. The van der Waals surface area contributed by atoms with Gasteiger partial charge in [0.05, 0.1) is 35.7 Å². The summed E-state index contributed by atoms with van der Waals surface area (Å²) in [5, 5.41) is 110. The van der Waals surface area contributed by atoms with E-state index in [1.54, 1.807) is 12.1 Å². The number of amides is 7. The highest BCUT2D eigenvalue weighted by Gasteiger charge is 2.50. The lowest BCUT2D eigenvalue weighted by Gasteiger charge is -2.34. The Balaban J connectivity index is 0.0000121. The number of halogens is 1. The number of benzene rings is 4. The van der Waals surface area contributed by atoms with Gasteiger partial charge in [-0.3, -0.25) is 38.3 Å². The zero-order valence-corrected chi connectivity index (χ0v) is 48.7. The number of nitrogens with zero attached hydrogens (tertiary/aromatic N) is 2. The molecule has 0 spiro atoms. The summed E-state index contributed by atoms with van der Waals surface area (Å²) in [5.74, 6) is -8.87. The SMILES string of the molecule is CCCCCOc1ccc(-c2ccc(-c3ccc(C(=O)NC4C[C@@H](O)[C@@H](O)NC(=O)[C@@H]5[C@@H](O)[C@@H](C)CN5C(=O)[C@H]([C@@H](C)O)NC(=O)[C@H]([C@H](O)[C@@H](O)c5ccc(O[P+](=O)OO)cc5)NC(=O)[C@@H]5C[C@@H](O)CN5C(=O)[C@H]([C@@H](C)O)NC4=O)cc3)cc2)cc1.F. The van der Waals surface area contributed by atoms with Gasteiger partial charge in [-0.2, -0.15) is 0 Å². The highest BCUT2D eigenvalue weighted by molar-refractivity contribution is 7.33. The predicted molar refractivity (Wildman–Crippen MR) is 306 cm³/mol. The van der Waals surface area contributed by atoms with Gasteiger partial charge in [-0.15, -0.1) is 0 Å². The normalized spacial score (nSPS) is 26.6. The number of hydrogen-bond acceptors (Lipinski definition) is 20. The van der Waals surface area contributed by atoms with Crippen molar-refractivity contribution in [1.29, 1.82) is 0 Å². The molecule has 3 heterocycles. The molecule has 0 saturated carbocycles. The maximum absolute atomic E-state index is 14.5. The van der Waals surface area contributed by atoms with Crippen LogP contribution in [0.4, 0.5) is 4.70 Å². The van der Waals surface area contributed by atoms with E-state index >= 15 is 0 Å². The average Bonchev–Trinajstić information content (AvgIpc) is 2.02. The fourth-order valence-corrected chi connectivity index (χ4v) is 10.7. The quantitative estimate of drug-likeness (QED) is 0.0287. The Morgan fingerprint density at radius 3 is 1.72 bits per heavy atom. The number of fused-ring (bicyclic) bond motifs is 2. The summed E-state index contributed by atoms with van der Waals surface area (Å²) >= 11 is 0. The molecular weight excluding hydrogens is 1160 g/mol. The van der Waals surface area contributed by atoms with Crippen LogP contribution in [-0.2, 0) is 38.0 Å². The van der Waals surface area contributed by atoms with Gasteiger partial charge in [-0.1, -0.05) is 87.4 Å². The van der Waals surface area contributed by atoms with Crippen LogP contribution in [0.3, 0.4) is 0 Å². The molecule has 0 bridgehead atoms. The van der Waals surface area contributed by atoms with Crippen molar-refractivity contribution in [2.24, 2.45) is 5.92 Å². The zero-order chi connectivity index (χ0) is 62.7. The lowest BCUT2D eigenvalue weighted by atomic mass is 9.96. The third kappa shape index (κ3) is 16.9. The van der Waals surface area contributed by atoms with Gasteiger partial charge in [0.15, 0.2) is 12.0 Å². The van der Waals surface area contributed by atoms with Gasteiger partial charge in [0.1, 0.15) is 60.3 Å². The molecule has 3 aliphatic rings. The monoisotopic (exact) mass is 1240 g/mol. The Kier molecular flexibility index (Phi) is 24.3. The van der Waals surface area contributed by atoms with E-state index in [4.69, 9.17) is 14.5 Å². The predicted octanol–water partition coefficient (Wildman–Crippen LogP) is 0.0456. The van der Waals surface area contributed by atoms with Crippen molar-refractivity contribution in [2.75, 3.05) is 19.7 Å². The molecular formula is C58H74FN7O20P+. The van der Waals surface area contributed by atoms with E-state index in [0.29, 0.717) is 12.2 Å². The molecule has 7 rings (SSSR count). The van der Waals surface area contributed by atoms with Crippen LogP contribution in [0.15, 0.2) is 97.1 Å². The van der Waals surface area contributed by atoms with Crippen LogP contribution in [0, 0.1) is 5.92 Å². The molecule has 4 aromatic rings. The number of unbranched alkanes of at least 4 members (excludes halogenated alkanes) is 2. The van der Waals surface area contributed by atoms with Gasteiger partial charge in [0.2, 0.25) is 35.4 Å². The van der Waals surface area contributed by atoms with Gasteiger partial charge in [-0.05, 0) is 84.5 Å². The molecule has 27 nitrogen and oxygen atoms in total. The number of nitrogens with one attached hydrogen (secondary N) is 5. The number of carbonyl (C=O) groups excluding carboxylic acids is 7. The first-order valence-corrected chi connectivity index (χ1v) is 29.1. The molecule has 3 aliphatic heterocycles. The van der Waals surface area contributed by atoms with E-state index in [-0.39, 0.29) is 21.6 Å². The molecule has 3 saturated heterocycles. The number of hydrogen-bond donors (Lipinski definition) is 14. The zero-order valence-electron chi connectivity index (χ0n) is 47.8. The lowest BCUT2D eigenvalue weighted by Crippen LogP contribution is -2.64. The molecule has 2 unspecified atom stereocenters. The first-order valence-electron chi connectivity index (χ1n) is 28.0.